The minimum Gasteiger partial charge on any atom is -0.419 e. The average molecular weight is 349 g/mol. The first-order valence-electron chi connectivity index (χ1n) is 6.91. The van der Waals surface area contributed by atoms with Crippen LogP contribution in [0.3, 0.4) is 0 Å². The van der Waals surface area contributed by atoms with Crippen molar-refractivity contribution in [3.8, 4) is 18.1 Å². The number of ether oxygens (including phenoxy) is 1. The predicted octanol–water partition coefficient (Wildman–Crippen LogP) is 3.31. The van der Waals surface area contributed by atoms with Gasteiger partial charge in [-0.2, -0.15) is 8.78 Å². The molecule has 1 aromatic rings. The molecule has 0 aliphatic carbocycles. The molecule has 0 aliphatic heterocycles. The van der Waals surface area contributed by atoms with Gasteiger partial charge in [-0.05, 0) is 19.8 Å². The molecule has 0 saturated carbocycles. The molecule has 0 radical (unpaired) electrons. The zero-order chi connectivity index (χ0) is 18.8. The van der Waals surface area contributed by atoms with Gasteiger partial charge in [0.25, 0.3) is 0 Å². The lowest BCUT2D eigenvalue weighted by Crippen LogP contribution is -2.52. The third kappa shape index (κ3) is 4.03. The first kappa shape index (κ1) is 19.9. The van der Waals surface area contributed by atoms with Gasteiger partial charge in [-0.25, -0.2) is 18.0 Å². The van der Waals surface area contributed by atoms with Crippen LogP contribution in [0.15, 0.2) is 0 Å². The maximum atomic E-state index is 13.6. The van der Waals surface area contributed by atoms with E-state index in [1.807, 2.05) is 0 Å². The molecule has 1 rings (SSSR count). The fourth-order valence-corrected chi connectivity index (χ4v) is 1.77. The van der Waals surface area contributed by atoms with Crippen molar-refractivity contribution in [1.29, 1.82) is 0 Å². The summed E-state index contributed by atoms with van der Waals surface area (Å²) in [6, 6.07) is -1.13. The molecular weight excluding hydrogens is 333 g/mol. The zero-order valence-electron chi connectivity index (χ0n) is 13.4. The van der Waals surface area contributed by atoms with Crippen LogP contribution in [0.4, 0.5) is 22.0 Å². The number of hydrogen-bond acceptors (Lipinski definition) is 3. The largest absolute Gasteiger partial charge is 0.419 e. The van der Waals surface area contributed by atoms with Gasteiger partial charge in [0.15, 0.2) is 0 Å². The Morgan fingerprint density at radius 3 is 1.83 bits per heavy atom. The van der Waals surface area contributed by atoms with Crippen molar-refractivity contribution < 1.29 is 31.5 Å². The Balaban J connectivity index is 3.20. The van der Waals surface area contributed by atoms with E-state index < -0.39 is 58.3 Å². The molecule has 0 saturated heterocycles. The Hall–Kier alpha value is -2.14. The molecule has 1 atom stereocenters. The minimum atomic E-state index is -2.34. The molecule has 0 fully saturated rings. The molecule has 0 spiro atoms. The number of halogens is 5. The molecule has 0 heterocycles. The second-order valence-electron chi connectivity index (χ2n) is 5.96. The summed E-state index contributed by atoms with van der Waals surface area (Å²) in [7, 11) is 0. The summed E-state index contributed by atoms with van der Waals surface area (Å²) >= 11 is 0. The third-order valence-electron chi connectivity index (χ3n) is 3.17. The predicted molar refractivity (Wildman–Crippen MR) is 76.5 cm³/mol. The summed E-state index contributed by atoms with van der Waals surface area (Å²) in [5, 5.41) is 2.72. The van der Waals surface area contributed by atoms with Crippen LogP contribution in [-0.4, -0.2) is 17.6 Å². The van der Waals surface area contributed by atoms with Crippen molar-refractivity contribution in [2.75, 3.05) is 0 Å². The molecule has 8 heteroatoms. The van der Waals surface area contributed by atoms with Crippen LogP contribution in [-0.2, 0) is 4.79 Å². The molecule has 3 nitrogen and oxygen atoms in total. The monoisotopic (exact) mass is 349 g/mol. The van der Waals surface area contributed by atoms with E-state index in [0.29, 0.717) is 0 Å². The van der Waals surface area contributed by atoms with Crippen LogP contribution in [0.2, 0.25) is 0 Å². The van der Waals surface area contributed by atoms with E-state index in [2.05, 4.69) is 16.0 Å². The van der Waals surface area contributed by atoms with E-state index in [1.54, 1.807) is 27.7 Å². The van der Waals surface area contributed by atoms with Gasteiger partial charge in [-0.15, -0.1) is 6.42 Å². The summed E-state index contributed by atoms with van der Waals surface area (Å²) in [4.78, 5) is 12.1. The third-order valence-corrected chi connectivity index (χ3v) is 3.17. The molecule has 1 aromatic carbocycles. The summed E-state index contributed by atoms with van der Waals surface area (Å²) in [5.41, 5.74) is -0.968. The Kier molecular flexibility index (Phi) is 5.95. The maximum absolute atomic E-state index is 13.6. The molecule has 24 heavy (non-hydrogen) atoms. The molecule has 0 aromatic heterocycles. The molecular formula is C16H16F5NO2. The highest BCUT2D eigenvalue weighted by atomic mass is 19.2. The summed E-state index contributed by atoms with van der Waals surface area (Å²) < 4.78 is 70.9. The van der Waals surface area contributed by atoms with Gasteiger partial charge in [-0.1, -0.05) is 19.8 Å². The molecule has 0 aliphatic rings. The van der Waals surface area contributed by atoms with Crippen LogP contribution < -0.4 is 10.1 Å². The van der Waals surface area contributed by atoms with Crippen molar-refractivity contribution in [3.05, 3.63) is 29.1 Å². The normalized spacial score (nSPS) is 12.9. The van der Waals surface area contributed by atoms with E-state index >= 15 is 0 Å². The second-order valence-corrected chi connectivity index (χ2v) is 5.96. The van der Waals surface area contributed by atoms with Crippen LogP contribution in [0.25, 0.3) is 0 Å². The van der Waals surface area contributed by atoms with Crippen LogP contribution in [0, 0.1) is 47.3 Å². The van der Waals surface area contributed by atoms with Crippen LogP contribution in [0.1, 0.15) is 27.7 Å². The molecule has 132 valence electrons. The number of carbonyl (C=O) groups excluding carboxylic acids is 1. The maximum Gasteiger partial charge on any atom is 0.329 e. The van der Waals surface area contributed by atoms with Crippen molar-refractivity contribution in [2.24, 2.45) is 5.92 Å². The highest BCUT2D eigenvalue weighted by Gasteiger charge is 2.33. The Labute approximate surface area is 136 Å². The lowest BCUT2D eigenvalue weighted by molar-refractivity contribution is -0.138. The van der Waals surface area contributed by atoms with Gasteiger partial charge in [0.05, 0.1) is 5.54 Å². The van der Waals surface area contributed by atoms with Gasteiger partial charge in [-0.3, -0.25) is 5.32 Å². The SMILES string of the molecule is C#CC(C)(C)N[C@@H](C(=O)Oc1c(F)c(F)c(F)c(F)c1F)C(C)C. The van der Waals surface area contributed by atoms with Gasteiger partial charge in [0, 0.05) is 0 Å². The number of esters is 1. The number of rotatable bonds is 5. The van der Waals surface area contributed by atoms with E-state index in [4.69, 9.17) is 6.42 Å². The Morgan fingerprint density at radius 2 is 1.46 bits per heavy atom. The van der Waals surface area contributed by atoms with Gasteiger partial charge < -0.3 is 4.74 Å². The average Bonchev–Trinajstić information content (AvgIpc) is 2.52. The van der Waals surface area contributed by atoms with E-state index in [0.717, 1.165) is 0 Å². The quantitative estimate of drug-likeness (QED) is 0.221. The fraction of sp³-hybridized carbons (Fsp3) is 0.438. The van der Waals surface area contributed by atoms with Crippen molar-refractivity contribution in [3.63, 3.8) is 0 Å². The first-order chi connectivity index (χ1) is 10.9. The first-order valence-corrected chi connectivity index (χ1v) is 6.91. The number of nitrogens with one attached hydrogen (secondary N) is 1. The van der Waals surface area contributed by atoms with Crippen molar-refractivity contribution >= 4 is 5.97 Å². The van der Waals surface area contributed by atoms with E-state index in [1.165, 1.54) is 0 Å². The Bertz CT molecular complexity index is 666. The number of benzene rings is 1. The Morgan fingerprint density at radius 1 is 1.04 bits per heavy atom. The van der Waals surface area contributed by atoms with Gasteiger partial charge in [0.2, 0.25) is 34.8 Å². The minimum absolute atomic E-state index is 0.439. The van der Waals surface area contributed by atoms with Crippen LogP contribution in [0.5, 0.6) is 5.75 Å². The highest BCUT2D eigenvalue weighted by molar-refractivity contribution is 5.79. The summed E-state index contributed by atoms with van der Waals surface area (Å²) in [6.07, 6.45) is 5.29. The second kappa shape index (κ2) is 7.18. The zero-order valence-corrected chi connectivity index (χ0v) is 13.4. The molecule has 0 amide bonds. The van der Waals surface area contributed by atoms with Crippen LogP contribution >= 0.6 is 0 Å². The fourth-order valence-electron chi connectivity index (χ4n) is 1.77. The van der Waals surface area contributed by atoms with Gasteiger partial charge >= 0.3 is 5.97 Å². The van der Waals surface area contributed by atoms with Crippen molar-refractivity contribution in [1.82, 2.24) is 5.32 Å². The van der Waals surface area contributed by atoms with E-state index in [9.17, 15) is 26.7 Å². The van der Waals surface area contributed by atoms with Crippen molar-refractivity contribution in [2.45, 2.75) is 39.3 Å². The lowest BCUT2D eigenvalue weighted by Gasteiger charge is -2.28. The molecule has 1 N–H and O–H groups in total. The number of hydrogen-bond donors (Lipinski definition) is 1. The smallest absolute Gasteiger partial charge is 0.329 e. The topological polar surface area (TPSA) is 38.3 Å². The standard InChI is InChI=1S/C16H16F5NO2/c1-6-16(4,5)22-13(7(2)3)15(23)24-14-11(20)9(18)8(17)10(19)12(14)21/h1,7,13,22H,2-5H3/t13-/m1/s1. The highest BCUT2D eigenvalue weighted by Crippen LogP contribution is 2.29. The number of carbonyl (C=O) groups is 1. The summed E-state index contributed by atoms with van der Waals surface area (Å²) in [6.45, 7) is 6.30. The number of terminal acetylenes is 1. The summed E-state index contributed by atoms with van der Waals surface area (Å²) in [5.74, 6) is -12.1. The molecule has 0 bridgehead atoms. The molecule has 0 unspecified atom stereocenters. The van der Waals surface area contributed by atoms with Gasteiger partial charge in [0.1, 0.15) is 6.04 Å². The lowest BCUT2D eigenvalue weighted by atomic mass is 9.99. The van der Waals surface area contributed by atoms with E-state index in [-0.39, 0.29) is 0 Å².